The van der Waals surface area contributed by atoms with Crippen LogP contribution < -0.4 is 0 Å². The standard InChI is InChI=1S/C12H8FN3/c13-11-5-1-3-9(7-11)12-10(4-2-6-14)8-15-16-12/h1-5,7-8H,(H,15,16). The fourth-order valence-electron chi connectivity index (χ4n) is 1.42. The lowest BCUT2D eigenvalue weighted by Gasteiger charge is -1.99. The number of allylic oxidation sites excluding steroid dienone is 1. The summed E-state index contributed by atoms with van der Waals surface area (Å²) in [5.41, 5.74) is 2.16. The molecule has 3 nitrogen and oxygen atoms in total. The van der Waals surface area contributed by atoms with Gasteiger partial charge in [-0.3, -0.25) is 5.10 Å². The van der Waals surface area contributed by atoms with E-state index in [1.807, 2.05) is 6.07 Å². The molecule has 4 heteroatoms. The van der Waals surface area contributed by atoms with Crippen LogP contribution in [-0.2, 0) is 0 Å². The van der Waals surface area contributed by atoms with Crippen molar-refractivity contribution in [3.8, 4) is 17.3 Å². The quantitative estimate of drug-likeness (QED) is 0.780. The Hall–Kier alpha value is -2.41. The third-order valence-corrected chi connectivity index (χ3v) is 2.12. The molecule has 78 valence electrons. The number of nitrogens with one attached hydrogen (secondary N) is 1. The maximum atomic E-state index is 13.0. The van der Waals surface area contributed by atoms with Gasteiger partial charge in [0, 0.05) is 17.2 Å². The van der Waals surface area contributed by atoms with Crippen LogP contribution in [0.15, 0.2) is 36.5 Å². The highest BCUT2D eigenvalue weighted by atomic mass is 19.1. The second kappa shape index (κ2) is 4.41. The molecule has 0 radical (unpaired) electrons. The van der Waals surface area contributed by atoms with E-state index in [-0.39, 0.29) is 5.82 Å². The molecule has 0 aliphatic rings. The number of hydrogen-bond acceptors (Lipinski definition) is 2. The molecule has 1 aromatic carbocycles. The zero-order chi connectivity index (χ0) is 11.4. The van der Waals surface area contributed by atoms with Crippen molar-refractivity contribution < 1.29 is 4.39 Å². The molecule has 2 rings (SSSR count). The van der Waals surface area contributed by atoms with Gasteiger partial charge in [-0.25, -0.2) is 4.39 Å². The SMILES string of the molecule is N#CC=Cc1cn[nH]c1-c1cccc(F)c1. The monoisotopic (exact) mass is 213 g/mol. The first-order chi connectivity index (χ1) is 7.81. The molecule has 0 atom stereocenters. The average Bonchev–Trinajstić information content (AvgIpc) is 2.74. The van der Waals surface area contributed by atoms with Crippen LogP contribution in [0.2, 0.25) is 0 Å². The second-order valence-electron chi connectivity index (χ2n) is 3.17. The Bertz CT molecular complexity index is 564. The van der Waals surface area contributed by atoms with Gasteiger partial charge in [0.15, 0.2) is 0 Å². The van der Waals surface area contributed by atoms with Crippen LogP contribution in [0, 0.1) is 17.1 Å². The van der Waals surface area contributed by atoms with Crippen LogP contribution in [0.5, 0.6) is 0 Å². The van der Waals surface area contributed by atoms with Crippen molar-refractivity contribution in [2.75, 3.05) is 0 Å². The van der Waals surface area contributed by atoms with E-state index in [9.17, 15) is 4.39 Å². The third kappa shape index (κ3) is 1.98. The molecule has 0 amide bonds. The summed E-state index contributed by atoms with van der Waals surface area (Å²) in [4.78, 5) is 0. The van der Waals surface area contributed by atoms with Crippen molar-refractivity contribution in [2.24, 2.45) is 0 Å². The molecule has 1 N–H and O–H groups in total. The minimum Gasteiger partial charge on any atom is -0.277 e. The molecule has 1 heterocycles. The summed E-state index contributed by atoms with van der Waals surface area (Å²) in [5.74, 6) is -0.303. The van der Waals surface area contributed by atoms with E-state index in [2.05, 4.69) is 10.2 Å². The summed E-state index contributed by atoms with van der Waals surface area (Å²) in [6.07, 6.45) is 4.57. The van der Waals surface area contributed by atoms with Crippen LogP contribution in [0.1, 0.15) is 5.56 Å². The van der Waals surface area contributed by atoms with Crippen molar-refractivity contribution >= 4 is 6.08 Å². The average molecular weight is 213 g/mol. The molecular weight excluding hydrogens is 205 g/mol. The molecule has 16 heavy (non-hydrogen) atoms. The Balaban J connectivity index is 2.45. The number of halogens is 1. The molecule has 0 aliphatic heterocycles. The number of H-pyrrole nitrogens is 1. The predicted molar refractivity (Wildman–Crippen MR) is 58.6 cm³/mol. The molecular formula is C12H8FN3. The Labute approximate surface area is 91.8 Å². The number of nitriles is 1. The highest BCUT2D eigenvalue weighted by molar-refractivity contribution is 5.71. The van der Waals surface area contributed by atoms with Crippen molar-refractivity contribution in [2.45, 2.75) is 0 Å². The highest BCUT2D eigenvalue weighted by Gasteiger charge is 2.05. The van der Waals surface area contributed by atoms with Gasteiger partial charge in [0.1, 0.15) is 5.82 Å². The van der Waals surface area contributed by atoms with Crippen LogP contribution in [-0.4, -0.2) is 10.2 Å². The van der Waals surface area contributed by atoms with E-state index in [1.165, 1.54) is 18.2 Å². The summed E-state index contributed by atoms with van der Waals surface area (Å²) < 4.78 is 13.0. The zero-order valence-electron chi connectivity index (χ0n) is 8.31. The molecule has 0 spiro atoms. The number of aromatic amines is 1. The Morgan fingerprint density at radius 1 is 1.44 bits per heavy atom. The van der Waals surface area contributed by atoms with Crippen LogP contribution >= 0.6 is 0 Å². The summed E-state index contributed by atoms with van der Waals surface area (Å²) >= 11 is 0. The number of hydrogen-bond donors (Lipinski definition) is 1. The van der Waals surface area contributed by atoms with Gasteiger partial charge in [0.25, 0.3) is 0 Å². The number of nitrogens with zero attached hydrogens (tertiary/aromatic N) is 2. The lowest BCUT2D eigenvalue weighted by Crippen LogP contribution is -1.82. The van der Waals surface area contributed by atoms with E-state index in [1.54, 1.807) is 24.4 Å². The van der Waals surface area contributed by atoms with Gasteiger partial charge in [0.2, 0.25) is 0 Å². The molecule has 0 unspecified atom stereocenters. The van der Waals surface area contributed by atoms with Crippen molar-refractivity contribution in [1.82, 2.24) is 10.2 Å². The third-order valence-electron chi connectivity index (χ3n) is 2.12. The van der Waals surface area contributed by atoms with Crippen molar-refractivity contribution in [3.05, 3.63) is 47.9 Å². The normalized spacial score (nSPS) is 10.5. The van der Waals surface area contributed by atoms with Gasteiger partial charge >= 0.3 is 0 Å². The largest absolute Gasteiger partial charge is 0.277 e. The van der Waals surface area contributed by atoms with E-state index in [4.69, 9.17) is 5.26 Å². The van der Waals surface area contributed by atoms with E-state index < -0.39 is 0 Å². The molecule has 0 fully saturated rings. The van der Waals surface area contributed by atoms with Gasteiger partial charge < -0.3 is 0 Å². The first kappa shape index (κ1) is 10.1. The topological polar surface area (TPSA) is 52.5 Å². The van der Waals surface area contributed by atoms with Gasteiger partial charge in [0.05, 0.1) is 18.0 Å². The van der Waals surface area contributed by atoms with E-state index >= 15 is 0 Å². The predicted octanol–water partition coefficient (Wildman–Crippen LogP) is 2.75. The van der Waals surface area contributed by atoms with E-state index in [0.717, 1.165) is 5.56 Å². The first-order valence-electron chi connectivity index (χ1n) is 4.67. The molecule has 1 aromatic heterocycles. The lowest BCUT2D eigenvalue weighted by atomic mass is 10.1. The zero-order valence-corrected chi connectivity index (χ0v) is 8.31. The summed E-state index contributed by atoms with van der Waals surface area (Å²) in [6.45, 7) is 0. The van der Waals surface area contributed by atoms with Crippen LogP contribution in [0.25, 0.3) is 17.3 Å². The number of rotatable bonds is 2. The summed E-state index contributed by atoms with van der Waals surface area (Å²) in [7, 11) is 0. The number of benzene rings is 1. The first-order valence-corrected chi connectivity index (χ1v) is 4.67. The lowest BCUT2D eigenvalue weighted by molar-refractivity contribution is 0.628. The number of aromatic nitrogens is 2. The fraction of sp³-hybridized carbons (Fsp3) is 0. The molecule has 0 bridgehead atoms. The smallest absolute Gasteiger partial charge is 0.123 e. The fourth-order valence-corrected chi connectivity index (χ4v) is 1.42. The van der Waals surface area contributed by atoms with Gasteiger partial charge in [-0.1, -0.05) is 12.1 Å². The Kier molecular flexibility index (Phi) is 2.79. The van der Waals surface area contributed by atoms with Crippen LogP contribution in [0.3, 0.4) is 0 Å². The summed E-state index contributed by atoms with van der Waals surface area (Å²) in [6, 6.07) is 8.10. The Morgan fingerprint density at radius 3 is 3.06 bits per heavy atom. The van der Waals surface area contributed by atoms with Gasteiger partial charge in [-0.15, -0.1) is 0 Å². The van der Waals surface area contributed by atoms with Crippen molar-refractivity contribution in [3.63, 3.8) is 0 Å². The van der Waals surface area contributed by atoms with E-state index in [0.29, 0.717) is 11.3 Å². The highest BCUT2D eigenvalue weighted by Crippen LogP contribution is 2.22. The molecule has 2 aromatic rings. The maximum Gasteiger partial charge on any atom is 0.123 e. The van der Waals surface area contributed by atoms with Crippen molar-refractivity contribution in [1.29, 1.82) is 5.26 Å². The maximum absolute atomic E-state index is 13.0. The molecule has 0 saturated heterocycles. The van der Waals surface area contributed by atoms with Gasteiger partial charge in [-0.2, -0.15) is 10.4 Å². The minimum absolute atomic E-state index is 0.303. The van der Waals surface area contributed by atoms with Gasteiger partial charge in [-0.05, 0) is 18.2 Å². The van der Waals surface area contributed by atoms with Crippen LogP contribution in [0.4, 0.5) is 4.39 Å². The minimum atomic E-state index is -0.303. The summed E-state index contributed by atoms with van der Waals surface area (Å²) in [5, 5.41) is 15.1. The molecule has 0 saturated carbocycles. The molecule has 0 aliphatic carbocycles. The Morgan fingerprint density at radius 2 is 2.31 bits per heavy atom. The second-order valence-corrected chi connectivity index (χ2v) is 3.17.